The molecule has 1 fully saturated rings. The van der Waals surface area contributed by atoms with Gasteiger partial charge in [-0.05, 0) is 54.8 Å². The van der Waals surface area contributed by atoms with Crippen LogP contribution in [0, 0.1) is 5.41 Å². The van der Waals surface area contributed by atoms with Gasteiger partial charge in [-0.3, -0.25) is 0 Å². The summed E-state index contributed by atoms with van der Waals surface area (Å²) in [7, 11) is 0. The summed E-state index contributed by atoms with van der Waals surface area (Å²) in [5.74, 6) is 0.449. The molecule has 1 aliphatic heterocycles. The third kappa shape index (κ3) is 4.54. The molecule has 2 rings (SSSR count). The molecule has 1 atom stereocenters. The van der Waals surface area contributed by atoms with Crippen LogP contribution in [0.5, 0.6) is 5.75 Å². The average molecular weight is 261 g/mol. The van der Waals surface area contributed by atoms with E-state index >= 15 is 0 Å². The Hall–Kier alpha value is -1.02. The Kier molecular flexibility index (Phi) is 4.51. The Morgan fingerprint density at radius 2 is 2.05 bits per heavy atom. The van der Waals surface area contributed by atoms with Crippen LogP contribution in [0.3, 0.4) is 0 Å². The molecule has 0 bridgehead atoms. The van der Waals surface area contributed by atoms with Crippen molar-refractivity contribution in [2.75, 3.05) is 6.54 Å². The molecule has 0 radical (unpaired) electrons. The number of benzene rings is 1. The highest BCUT2D eigenvalue weighted by molar-refractivity contribution is 5.37. The Balaban J connectivity index is 2.08. The van der Waals surface area contributed by atoms with E-state index in [1.165, 1.54) is 24.8 Å². The van der Waals surface area contributed by atoms with Gasteiger partial charge < -0.3 is 10.4 Å². The number of nitrogens with one attached hydrogen (secondary N) is 1. The molecule has 1 aliphatic rings. The van der Waals surface area contributed by atoms with Crippen molar-refractivity contribution in [2.45, 2.75) is 58.9 Å². The minimum Gasteiger partial charge on any atom is -0.508 e. The minimum atomic E-state index is 0.289. The second-order valence-corrected chi connectivity index (χ2v) is 7.05. The van der Waals surface area contributed by atoms with Crippen molar-refractivity contribution in [1.29, 1.82) is 0 Å². The molecular formula is C17H27NO. The summed E-state index contributed by atoms with van der Waals surface area (Å²) >= 11 is 0. The van der Waals surface area contributed by atoms with Crippen LogP contribution in [0.2, 0.25) is 0 Å². The molecule has 2 heteroatoms. The first kappa shape index (κ1) is 14.4. The van der Waals surface area contributed by atoms with E-state index in [9.17, 15) is 5.11 Å². The number of hydrogen-bond donors (Lipinski definition) is 2. The largest absolute Gasteiger partial charge is 0.508 e. The summed E-state index contributed by atoms with van der Waals surface area (Å²) < 4.78 is 0. The van der Waals surface area contributed by atoms with Crippen LogP contribution in [0.1, 0.15) is 51.2 Å². The van der Waals surface area contributed by atoms with E-state index < -0.39 is 0 Å². The summed E-state index contributed by atoms with van der Waals surface area (Å²) in [4.78, 5) is 0. The van der Waals surface area contributed by atoms with Gasteiger partial charge in [0.2, 0.25) is 0 Å². The molecule has 1 heterocycles. The van der Waals surface area contributed by atoms with Crippen molar-refractivity contribution in [2.24, 2.45) is 5.41 Å². The van der Waals surface area contributed by atoms with Gasteiger partial charge in [0.25, 0.3) is 0 Å². The molecule has 2 N–H and O–H groups in total. The van der Waals surface area contributed by atoms with Gasteiger partial charge in [-0.1, -0.05) is 39.3 Å². The van der Waals surface area contributed by atoms with E-state index in [1.807, 2.05) is 6.07 Å². The van der Waals surface area contributed by atoms with Crippen LogP contribution in [0.25, 0.3) is 0 Å². The second-order valence-electron chi connectivity index (χ2n) is 7.05. The quantitative estimate of drug-likeness (QED) is 0.870. The molecule has 0 amide bonds. The summed E-state index contributed by atoms with van der Waals surface area (Å²) in [6.45, 7) is 7.87. The Labute approximate surface area is 117 Å². The van der Waals surface area contributed by atoms with Crippen molar-refractivity contribution >= 4 is 0 Å². The zero-order valence-corrected chi connectivity index (χ0v) is 12.5. The smallest absolute Gasteiger partial charge is 0.118 e. The van der Waals surface area contributed by atoms with Crippen LogP contribution in [0.4, 0.5) is 0 Å². The standard InChI is InChI=1S/C17H27NO/c1-17(2,3)12-13-7-8-16(19)14(10-13)11-15-6-4-5-9-18-15/h7-8,10,15,18-19H,4-6,9,11-12H2,1-3H3. The maximum absolute atomic E-state index is 10.0. The zero-order valence-electron chi connectivity index (χ0n) is 12.5. The summed E-state index contributed by atoms with van der Waals surface area (Å²) in [6, 6.07) is 6.64. The normalized spacial score (nSPS) is 20.5. The van der Waals surface area contributed by atoms with Gasteiger partial charge in [-0.25, -0.2) is 0 Å². The van der Waals surface area contributed by atoms with Crippen LogP contribution in [0.15, 0.2) is 18.2 Å². The fourth-order valence-electron chi connectivity index (χ4n) is 2.89. The van der Waals surface area contributed by atoms with E-state index in [1.54, 1.807) is 0 Å². The van der Waals surface area contributed by atoms with E-state index in [2.05, 4.69) is 38.2 Å². The lowest BCUT2D eigenvalue weighted by molar-refractivity contribution is 0.390. The highest BCUT2D eigenvalue weighted by Crippen LogP contribution is 2.26. The first-order valence-electron chi connectivity index (χ1n) is 7.48. The maximum Gasteiger partial charge on any atom is 0.118 e. The lowest BCUT2D eigenvalue weighted by Gasteiger charge is -2.24. The second kappa shape index (κ2) is 5.96. The highest BCUT2D eigenvalue weighted by Gasteiger charge is 2.17. The van der Waals surface area contributed by atoms with Crippen molar-refractivity contribution in [3.63, 3.8) is 0 Å². The summed E-state index contributed by atoms with van der Waals surface area (Å²) in [5.41, 5.74) is 2.72. The number of piperidine rings is 1. The van der Waals surface area contributed by atoms with E-state index in [0.29, 0.717) is 11.8 Å². The van der Waals surface area contributed by atoms with Crippen molar-refractivity contribution < 1.29 is 5.11 Å². The fourth-order valence-corrected chi connectivity index (χ4v) is 2.89. The Morgan fingerprint density at radius 3 is 2.68 bits per heavy atom. The van der Waals surface area contributed by atoms with Crippen LogP contribution < -0.4 is 5.32 Å². The van der Waals surface area contributed by atoms with Gasteiger partial charge in [0.15, 0.2) is 0 Å². The van der Waals surface area contributed by atoms with Gasteiger partial charge in [0, 0.05) is 6.04 Å². The molecule has 106 valence electrons. The molecule has 0 spiro atoms. The average Bonchev–Trinajstić information content (AvgIpc) is 2.33. The molecule has 1 aromatic rings. The number of phenols is 1. The number of hydrogen-bond acceptors (Lipinski definition) is 2. The van der Waals surface area contributed by atoms with Crippen molar-refractivity contribution in [3.8, 4) is 5.75 Å². The monoisotopic (exact) mass is 261 g/mol. The van der Waals surface area contributed by atoms with Gasteiger partial charge in [0.05, 0.1) is 0 Å². The first-order chi connectivity index (χ1) is 8.94. The van der Waals surface area contributed by atoms with Crippen LogP contribution in [-0.4, -0.2) is 17.7 Å². The number of rotatable bonds is 3. The Morgan fingerprint density at radius 1 is 1.26 bits per heavy atom. The third-order valence-electron chi connectivity index (χ3n) is 3.76. The molecule has 1 aromatic carbocycles. The molecule has 0 saturated carbocycles. The Bertz CT molecular complexity index is 414. The number of phenolic OH excluding ortho intramolecular Hbond substituents is 1. The zero-order chi connectivity index (χ0) is 13.9. The summed E-state index contributed by atoms with van der Waals surface area (Å²) in [5, 5.41) is 13.6. The van der Waals surface area contributed by atoms with Gasteiger partial charge in [-0.15, -0.1) is 0 Å². The van der Waals surface area contributed by atoms with Crippen LogP contribution in [-0.2, 0) is 12.8 Å². The van der Waals surface area contributed by atoms with Crippen molar-refractivity contribution in [1.82, 2.24) is 5.32 Å². The van der Waals surface area contributed by atoms with E-state index in [-0.39, 0.29) is 5.41 Å². The van der Waals surface area contributed by atoms with E-state index in [4.69, 9.17) is 0 Å². The lowest BCUT2D eigenvalue weighted by atomic mass is 9.87. The minimum absolute atomic E-state index is 0.289. The third-order valence-corrected chi connectivity index (χ3v) is 3.76. The van der Waals surface area contributed by atoms with Crippen LogP contribution >= 0.6 is 0 Å². The van der Waals surface area contributed by atoms with Crippen molar-refractivity contribution in [3.05, 3.63) is 29.3 Å². The van der Waals surface area contributed by atoms with Gasteiger partial charge >= 0.3 is 0 Å². The molecule has 2 nitrogen and oxygen atoms in total. The maximum atomic E-state index is 10.0. The summed E-state index contributed by atoms with van der Waals surface area (Å²) in [6.07, 6.45) is 5.82. The molecule has 1 saturated heterocycles. The predicted octanol–water partition coefficient (Wildman–Crippen LogP) is 3.67. The molecule has 0 aromatic heterocycles. The lowest BCUT2D eigenvalue weighted by Crippen LogP contribution is -2.35. The van der Waals surface area contributed by atoms with Gasteiger partial charge in [-0.2, -0.15) is 0 Å². The molecule has 0 aliphatic carbocycles. The topological polar surface area (TPSA) is 32.3 Å². The molecule has 19 heavy (non-hydrogen) atoms. The fraction of sp³-hybridized carbons (Fsp3) is 0.647. The van der Waals surface area contributed by atoms with E-state index in [0.717, 1.165) is 24.9 Å². The van der Waals surface area contributed by atoms with Gasteiger partial charge in [0.1, 0.15) is 5.75 Å². The SMILES string of the molecule is CC(C)(C)Cc1ccc(O)c(CC2CCCCN2)c1. The highest BCUT2D eigenvalue weighted by atomic mass is 16.3. The molecular weight excluding hydrogens is 234 g/mol. The first-order valence-corrected chi connectivity index (χ1v) is 7.48. The molecule has 1 unspecified atom stereocenters. The number of aromatic hydroxyl groups is 1. The predicted molar refractivity (Wildman–Crippen MR) is 80.6 cm³/mol.